The third kappa shape index (κ3) is 2.10. The van der Waals surface area contributed by atoms with Crippen LogP contribution in [0.3, 0.4) is 0 Å². The molecule has 1 N–H and O–H groups in total. The first-order chi connectivity index (χ1) is 9.97. The number of fused-ring (bicyclic) bond motifs is 1. The Balaban J connectivity index is 2.20. The van der Waals surface area contributed by atoms with Crippen LogP contribution in [0.25, 0.3) is 16.7 Å². The molecule has 0 fully saturated rings. The van der Waals surface area contributed by atoms with Gasteiger partial charge < -0.3 is 5.11 Å². The molecule has 2 aromatic carbocycles. The zero-order chi connectivity index (χ0) is 15.1. The van der Waals surface area contributed by atoms with Crippen LogP contribution in [0.4, 0.5) is 13.2 Å². The van der Waals surface area contributed by atoms with Crippen molar-refractivity contribution < 1.29 is 23.1 Å². The molecule has 0 aliphatic rings. The van der Waals surface area contributed by atoms with Crippen LogP contribution in [-0.2, 0) is 0 Å². The van der Waals surface area contributed by atoms with E-state index in [1.165, 1.54) is 18.2 Å². The average Bonchev–Trinajstić information content (AvgIpc) is 2.87. The first kappa shape index (κ1) is 13.1. The number of carboxylic acids is 1. The summed E-state index contributed by atoms with van der Waals surface area (Å²) in [6.07, 6.45) is 0. The van der Waals surface area contributed by atoms with Crippen LogP contribution >= 0.6 is 0 Å². The third-order valence-corrected chi connectivity index (χ3v) is 2.91. The Morgan fingerprint density at radius 1 is 1.10 bits per heavy atom. The number of carboxylic acid groups (broad SMARTS) is 1. The van der Waals surface area contributed by atoms with Gasteiger partial charge >= 0.3 is 5.97 Å². The Labute approximate surface area is 115 Å². The minimum Gasteiger partial charge on any atom is -0.478 e. The van der Waals surface area contributed by atoms with Gasteiger partial charge in [-0.25, -0.2) is 22.6 Å². The highest BCUT2D eigenvalue weighted by Crippen LogP contribution is 2.21. The molecule has 0 aliphatic carbocycles. The smallest absolute Gasteiger partial charge is 0.335 e. The maximum atomic E-state index is 13.2. The van der Waals surface area contributed by atoms with Gasteiger partial charge in [-0.1, -0.05) is 5.21 Å². The van der Waals surface area contributed by atoms with Gasteiger partial charge in [-0.3, -0.25) is 0 Å². The summed E-state index contributed by atoms with van der Waals surface area (Å²) in [6, 6.07) is 5.53. The van der Waals surface area contributed by atoms with Gasteiger partial charge in [-0.15, -0.1) is 5.10 Å². The number of carbonyl (C=O) groups is 1. The normalized spacial score (nSPS) is 11.0. The largest absolute Gasteiger partial charge is 0.478 e. The standard InChI is InChI=1S/C13H6F3N3O2/c14-8-4-7(5-9(15)12(8)16)19-11-2-1-6(13(20)21)3-10(11)17-18-19/h1-5H,(H,20,21). The van der Waals surface area contributed by atoms with E-state index in [1.807, 2.05) is 0 Å². The lowest BCUT2D eigenvalue weighted by Gasteiger charge is -2.04. The molecule has 1 aromatic heterocycles. The molecule has 0 amide bonds. The molecule has 0 radical (unpaired) electrons. The molecule has 0 bridgehead atoms. The van der Waals surface area contributed by atoms with Gasteiger partial charge in [0, 0.05) is 12.1 Å². The predicted molar refractivity (Wildman–Crippen MR) is 65.7 cm³/mol. The lowest BCUT2D eigenvalue weighted by atomic mass is 10.2. The molecule has 8 heteroatoms. The number of hydrogen-bond acceptors (Lipinski definition) is 3. The third-order valence-electron chi connectivity index (χ3n) is 2.91. The maximum Gasteiger partial charge on any atom is 0.335 e. The minimum absolute atomic E-state index is 0.00557. The van der Waals surface area contributed by atoms with E-state index in [2.05, 4.69) is 10.3 Å². The van der Waals surface area contributed by atoms with Crippen LogP contribution < -0.4 is 0 Å². The van der Waals surface area contributed by atoms with E-state index in [0.29, 0.717) is 5.52 Å². The Morgan fingerprint density at radius 2 is 1.76 bits per heavy atom. The van der Waals surface area contributed by atoms with Crippen molar-refractivity contribution in [3.63, 3.8) is 0 Å². The monoisotopic (exact) mass is 293 g/mol. The molecule has 1 heterocycles. The second-order valence-electron chi connectivity index (χ2n) is 4.23. The highest BCUT2D eigenvalue weighted by molar-refractivity contribution is 5.92. The number of halogens is 3. The molecule has 3 aromatic rings. The summed E-state index contributed by atoms with van der Waals surface area (Å²) in [6.45, 7) is 0. The Morgan fingerprint density at radius 3 is 2.38 bits per heavy atom. The molecule has 3 rings (SSSR count). The molecular formula is C13H6F3N3O2. The number of nitrogens with zero attached hydrogens (tertiary/aromatic N) is 3. The topological polar surface area (TPSA) is 68.0 Å². The lowest BCUT2D eigenvalue weighted by Crippen LogP contribution is -2.01. The van der Waals surface area contributed by atoms with Crippen molar-refractivity contribution in [1.29, 1.82) is 0 Å². The summed E-state index contributed by atoms with van der Waals surface area (Å²) in [5.41, 5.74) is 0.522. The van der Waals surface area contributed by atoms with Gasteiger partial charge in [0.25, 0.3) is 0 Å². The molecule has 0 unspecified atom stereocenters. The van der Waals surface area contributed by atoms with E-state index in [-0.39, 0.29) is 16.8 Å². The Hall–Kier alpha value is -2.90. The molecule has 0 atom stereocenters. The van der Waals surface area contributed by atoms with Crippen molar-refractivity contribution in [2.24, 2.45) is 0 Å². The van der Waals surface area contributed by atoms with E-state index < -0.39 is 23.4 Å². The van der Waals surface area contributed by atoms with Crippen LogP contribution in [0, 0.1) is 17.5 Å². The molecule has 21 heavy (non-hydrogen) atoms. The van der Waals surface area contributed by atoms with Crippen LogP contribution in [0.2, 0.25) is 0 Å². The molecule has 106 valence electrons. The first-order valence-corrected chi connectivity index (χ1v) is 5.71. The van der Waals surface area contributed by atoms with Crippen molar-refractivity contribution in [3.8, 4) is 5.69 Å². The van der Waals surface area contributed by atoms with E-state index in [0.717, 1.165) is 16.8 Å². The Kier molecular flexibility index (Phi) is 2.86. The summed E-state index contributed by atoms with van der Waals surface area (Å²) in [4.78, 5) is 10.9. The van der Waals surface area contributed by atoms with Crippen molar-refractivity contribution in [2.75, 3.05) is 0 Å². The summed E-state index contributed by atoms with van der Waals surface area (Å²) in [7, 11) is 0. The second kappa shape index (κ2) is 4.58. The Bertz CT molecular complexity index is 853. The molecule has 0 saturated carbocycles. The fraction of sp³-hybridized carbons (Fsp3) is 0. The van der Waals surface area contributed by atoms with Crippen molar-refractivity contribution in [2.45, 2.75) is 0 Å². The molecular weight excluding hydrogens is 287 g/mol. The van der Waals surface area contributed by atoms with Crippen LogP contribution in [0.15, 0.2) is 30.3 Å². The van der Waals surface area contributed by atoms with Gasteiger partial charge in [0.2, 0.25) is 0 Å². The molecule has 5 nitrogen and oxygen atoms in total. The second-order valence-corrected chi connectivity index (χ2v) is 4.23. The van der Waals surface area contributed by atoms with Gasteiger partial charge in [-0.2, -0.15) is 0 Å². The van der Waals surface area contributed by atoms with E-state index in [1.54, 1.807) is 0 Å². The van der Waals surface area contributed by atoms with Crippen LogP contribution in [-0.4, -0.2) is 26.1 Å². The summed E-state index contributed by atoms with van der Waals surface area (Å²) in [5.74, 6) is -5.41. The minimum atomic E-state index is -1.57. The van der Waals surface area contributed by atoms with Gasteiger partial charge in [0.15, 0.2) is 17.5 Å². The van der Waals surface area contributed by atoms with E-state index in [4.69, 9.17) is 5.11 Å². The predicted octanol–water partition coefficient (Wildman–Crippen LogP) is 2.54. The first-order valence-electron chi connectivity index (χ1n) is 5.71. The molecule has 0 spiro atoms. The average molecular weight is 293 g/mol. The van der Waals surface area contributed by atoms with E-state index >= 15 is 0 Å². The number of hydrogen-bond donors (Lipinski definition) is 1. The van der Waals surface area contributed by atoms with Crippen molar-refractivity contribution in [1.82, 2.24) is 15.0 Å². The zero-order valence-corrected chi connectivity index (χ0v) is 10.2. The van der Waals surface area contributed by atoms with E-state index in [9.17, 15) is 18.0 Å². The van der Waals surface area contributed by atoms with Crippen LogP contribution in [0.1, 0.15) is 10.4 Å². The fourth-order valence-electron chi connectivity index (χ4n) is 1.91. The maximum absolute atomic E-state index is 13.2. The lowest BCUT2D eigenvalue weighted by molar-refractivity contribution is 0.0697. The number of aromatic nitrogens is 3. The summed E-state index contributed by atoms with van der Waals surface area (Å²) >= 11 is 0. The van der Waals surface area contributed by atoms with Gasteiger partial charge in [0.05, 0.1) is 16.8 Å². The summed E-state index contributed by atoms with van der Waals surface area (Å²) in [5, 5.41) is 16.3. The SMILES string of the molecule is O=C(O)c1ccc2c(c1)nnn2-c1cc(F)c(F)c(F)c1. The van der Waals surface area contributed by atoms with Gasteiger partial charge in [0.1, 0.15) is 5.52 Å². The fourth-order valence-corrected chi connectivity index (χ4v) is 1.91. The van der Waals surface area contributed by atoms with Crippen LogP contribution in [0.5, 0.6) is 0 Å². The molecule has 0 aliphatic heterocycles. The summed E-state index contributed by atoms with van der Waals surface area (Å²) < 4.78 is 40.5. The number of benzene rings is 2. The van der Waals surface area contributed by atoms with Crippen molar-refractivity contribution >= 4 is 17.0 Å². The highest BCUT2D eigenvalue weighted by Gasteiger charge is 2.15. The number of aromatic carboxylic acids is 1. The quantitative estimate of drug-likeness (QED) is 0.737. The molecule has 0 saturated heterocycles. The van der Waals surface area contributed by atoms with Crippen molar-refractivity contribution in [3.05, 3.63) is 53.3 Å². The highest BCUT2D eigenvalue weighted by atomic mass is 19.2. The number of rotatable bonds is 2. The van der Waals surface area contributed by atoms with Gasteiger partial charge in [-0.05, 0) is 18.2 Å². The zero-order valence-electron chi connectivity index (χ0n) is 10.2.